The van der Waals surface area contributed by atoms with Gasteiger partial charge in [-0.3, -0.25) is 4.68 Å². The molecule has 0 aliphatic heterocycles. The molecule has 0 amide bonds. The van der Waals surface area contributed by atoms with E-state index in [1.165, 1.54) is 5.56 Å². The van der Waals surface area contributed by atoms with Gasteiger partial charge in [0.15, 0.2) is 0 Å². The average Bonchev–Trinajstić information content (AvgIpc) is 2.91. The largest absolute Gasteiger partial charge is 0.316 e. The molecule has 21 heavy (non-hydrogen) atoms. The van der Waals surface area contributed by atoms with Gasteiger partial charge in [0.25, 0.3) is 0 Å². The molecule has 0 fully saturated rings. The quantitative estimate of drug-likeness (QED) is 0.793. The van der Waals surface area contributed by atoms with E-state index in [0.29, 0.717) is 5.92 Å². The molecule has 1 aromatic carbocycles. The second kappa shape index (κ2) is 8.29. The van der Waals surface area contributed by atoms with Crippen molar-refractivity contribution in [1.82, 2.24) is 20.1 Å². The first-order chi connectivity index (χ1) is 10.2. The summed E-state index contributed by atoms with van der Waals surface area (Å²) in [5.41, 5.74) is 1.33. The Morgan fingerprint density at radius 2 is 2.19 bits per heavy atom. The second-order valence-corrected chi connectivity index (χ2v) is 6.08. The van der Waals surface area contributed by atoms with E-state index in [9.17, 15) is 0 Å². The van der Waals surface area contributed by atoms with E-state index < -0.39 is 0 Å². The van der Waals surface area contributed by atoms with Crippen LogP contribution < -0.4 is 5.32 Å². The van der Waals surface area contributed by atoms with E-state index in [1.807, 2.05) is 4.68 Å². The van der Waals surface area contributed by atoms with E-state index in [2.05, 4.69) is 69.4 Å². The van der Waals surface area contributed by atoms with Crippen LogP contribution in [0, 0.1) is 0 Å². The third-order valence-corrected chi connectivity index (χ3v) is 4.01. The summed E-state index contributed by atoms with van der Waals surface area (Å²) < 4.78 is 3.15. The molecule has 2 rings (SSSR count). The van der Waals surface area contributed by atoms with Crippen LogP contribution in [0.1, 0.15) is 37.6 Å². The van der Waals surface area contributed by atoms with Gasteiger partial charge in [-0.15, -0.1) is 0 Å². The Bertz CT molecular complexity index is 553. The fourth-order valence-corrected chi connectivity index (χ4v) is 2.87. The van der Waals surface area contributed by atoms with Crippen LogP contribution in [0.3, 0.4) is 0 Å². The zero-order valence-electron chi connectivity index (χ0n) is 12.7. The summed E-state index contributed by atoms with van der Waals surface area (Å²) in [4.78, 5) is 4.44. The molecule has 4 nitrogen and oxygen atoms in total. The minimum Gasteiger partial charge on any atom is -0.316 e. The Kier molecular flexibility index (Phi) is 6.39. The van der Waals surface area contributed by atoms with Crippen molar-refractivity contribution < 1.29 is 0 Å². The number of nitrogens with zero attached hydrogens (tertiary/aromatic N) is 3. The standard InChI is InChI=1S/C16H23BrN4/c1-3-8-21-16(19-12-20-21)10-14(11-18-4-2)13-6-5-7-15(17)9-13/h5-7,9,12,14,18H,3-4,8,10-11H2,1-2H3. The molecule has 1 atom stereocenters. The van der Waals surface area contributed by atoms with Crippen molar-refractivity contribution in [3.05, 3.63) is 46.5 Å². The summed E-state index contributed by atoms with van der Waals surface area (Å²) >= 11 is 3.56. The Hall–Kier alpha value is -1.20. The van der Waals surface area contributed by atoms with Crippen molar-refractivity contribution in [2.24, 2.45) is 0 Å². The number of benzene rings is 1. The Morgan fingerprint density at radius 1 is 1.33 bits per heavy atom. The molecule has 1 heterocycles. The molecule has 0 saturated heterocycles. The number of hydrogen-bond donors (Lipinski definition) is 1. The minimum atomic E-state index is 0.405. The lowest BCUT2D eigenvalue weighted by atomic mass is 9.95. The number of halogens is 1. The molecule has 1 unspecified atom stereocenters. The molecule has 0 aliphatic rings. The summed E-state index contributed by atoms with van der Waals surface area (Å²) in [7, 11) is 0. The summed E-state index contributed by atoms with van der Waals surface area (Å²) in [6.45, 7) is 7.16. The van der Waals surface area contributed by atoms with E-state index in [-0.39, 0.29) is 0 Å². The average molecular weight is 351 g/mol. The maximum absolute atomic E-state index is 4.44. The van der Waals surface area contributed by atoms with Crippen LogP contribution >= 0.6 is 15.9 Å². The molecular weight excluding hydrogens is 328 g/mol. The topological polar surface area (TPSA) is 42.7 Å². The van der Waals surface area contributed by atoms with Gasteiger partial charge in [0.2, 0.25) is 0 Å². The highest BCUT2D eigenvalue weighted by Crippen LogP contribution is 2.23. The lowest BCUT2D eigenvalue weighted by Gasteiger charge is -2.18. The first-order valence-corrected chi connectivity index (χ1v) is 8.36. The Balaban J connectivity index is 2.17. The molecule has 114 valence electrons. The van der Waals surface area contributed by atoms with Crippen molar-refractivity contribution in [3.63, 3.8) is 0 Å². The van der Waals surface area contributed by atoms with Gasteiger partial charge in [-0.1, -0.05) is 41.9 Å². The highest BCUT2D eigenvalue weighted by molar-refractivity contribution is 9.10. The van der Waals surface area contributed by atoms with Gasteiger partial charge < -0.3 is 5.32 Å². The van der Waals surface area contributed by atoms with Crippen LogP contribution in [0.2, 0.25) is 0 Å². The van der Waals surface area contributed by atoms with Gasteiger partial charge in [-0.25, -0.2) is 4.98 Å². The number of hydrogen-bond acceptors (Lipinski definition) is 3. The smallest absolute Gasteiger partial charge is 0.138 e. The van der Waals surface area contributed by atoms with Crippen molar-refractivity contribution in [2.75, 3.05) is 13.1 Å². The second-order valence-electron chi connectivity index (χ2n) is 5.16. The van der Waals surface area contributed by atoms with E-state index >= 15 is 0 Å². The SMILES string of the molecule is CCCn1ncnc1CC(CNCC)c1cccc(Br)c1. The lowest BCUT2D eigenvalue weighted by Crippen LogP contribution is -2.24. The fraction of sp³-hybridized carbons (Fsp3) is 0.500. The molecule has 0 aliphatic carbocycles. The predicted molar refractivity (Wildman–Crippen MR) is 89.4 cm³/mol. The van der Waals surface area contributed by atoms with Crippen LogP contribution in [0.5, 0.6) is 0 Å². The van der Waals surface area contributed by atoms with Crippen LogP contribution in [-0.2, 0) is 13.0 Å². The number of aromatic nitrogens is 3. The Labute approximate surface area is 135 Å². The summed E-state index contributed by atoms with van der Waals surface area (Å²) in [6, 6.07) is 8.54. The molecule has 0 saturated carbocycles. The monoisotopic (exact) mass is 350 g/mol. The molecule has 0 radical (unpaired) electrons. The summed E-state index contributed by atoms with van der Waals surface area (Å²) in [5, 5.41) is 7.78. The van der Waals surface area contributed by atoms with E-state index in [1.54, 1.807) is 6.33 Å². The fourth-order valence-electron chi connectivity index (χ4n) is 2.45. The van der Waals surface area contributed by atoms with Gasteiger partial charge in [-0.2, -0.15) is 5.10 Å². The number of aryl methyl sites for hydroxylation is 1. The molecule has 0 spiro atoms. The van der Waals surface area contributed by atoms with Crippen molar-refractivity contribution >= 4 is 15.9 Å². The van der Waals surface area contributed by atoms with Gasteiger partial charge in [0, 0.05) is 29.9 Å². The highest BCUT2D eigenvalue weighted by Gasteiger charge is 2.16. The highest BCUT2D eigenvalue weighted by atomic mass is 79.9. The molecular formula is C16H23BrN4. The van der Waals surface area contributed by atoms with E-state index in [0.717, 1.165) is 42.8 Å². The molecule has 2 aromatic rings. The zero-order chi connectivity index (χ0) is 15.1. The van der Waals surface area contributed by atoms with Crippen LogP contribution in [0.25, 0.3) is 0 Å². The predicted octanol–water partition coefficient (Wildman–Crippen LogP) is 3.39. The summed E-state index contributed by atoms with van der Waals surface area (Å²) in [5.74, 6) is 1.47. The van der Waals surface area contributed by atoms with Gasteiger partial charge in [-0.05, 0) is 30.7 Å². The van der Waals surface area contributed by atoms with Crippen molar-refractivity contribution in [1.29, 1.82) is 0 Å². The maximum atomic E-state index is 4.44. The summed E-state index contributed by atoms with van der Waals surface area (Å²) in [6.07, 6.45) is 3.64. The molecule has 5 heteroatoms. The number of likely N-dealkylation sites (N-methyl/N-ethyl adjacent to an activating group) is 1. The third-order valence-electron chi connectivity index (χ3n) is 3.52. The van der Waals surface area contributed by atoms with Crippen LogP contribution in [-0.4, -0.2) is 27.9 Å². The first kappa shape index (κ1) is 16.2. The zero-order valence-corrected chi connectivity index (χ0v) is 14.3. The van der Waals surface area contributed by atoms with E-state index in [4.69, 9.17) is 0 Å². The first-order valence-electron chi connectivity index (χ1n) is 7.57. The van der Waals surface area contributed by atoms with Gasteiger partial charge >= 0.3 is 0 Å². The van der Waals surface area contributed by atoms with Crippen molar-refractivity contribution in [2.45, 2.75) is 39.2 Å². The lowest BCUT2D eigenvalue weighted by molar-refractivity contribution is 0.526. The Morgan fingerprint density at radius 3 is 2.90 bits per heavy atom. The van der Waals surface area contributed by atoms with Crippen LogP contribution in [0.4, 0.5) is 0 Å². The normalized spacial score (nSPS) is 12.5. The van der Waals surface area contributed by atoms with Gasteiger partial charge in [0.05, 0.1) is 0 Å². The third kappa shape index (κ3) is 4.64. The molecule has 0 bridgehead atoms. The number of rotatable bonds is 8. The molecule has 1 N–H and O–H groups in total. The molecule has 1 aromatic heterocycles. The number of nitrogens with one attached hydrogen (secondary N) is 1. The van der Waals surface area contributed by atoms with Crippen molar-refractivity contribution in [3.8, 4) is 0 Å². The van der Waals surface area contributed by atoms with Crippen LogP contribution in [0.15, 0.2) is 35.1 Å². The maximum Gasteiger partial charge on any atom is 0.138 e. The minimum absolute atomic E-state index is 0.405. The van der Waals surface area contributed by atoms with Gasteiger partial charge in [0.1, 0.15) is 12.2 Å².